The molecule has 2 unspecified atom stereocenters. The number of anilines is 1. The molecule has 3 nitrogen and oxygen atoms in total. The highest BCUT2D eigenvalue weighted by Gasteiger charge is 2.41. The van der Waals surface area contributed by atoms with Crippen LogP contribution < -0.4 is 11.1 Å². The van der Waals surface area contributed by atoms with Crippen LogP contribution in [0.4, 0.5) is 5.69 Å². The maximum atomic E-state index is 11.0. The molecule has 1 fully saturated rings. The van der Waals surface area contributed by atoms with Gasteiger partial charge in [-0.1, -0.05) is 49.4 Å². The highest BCUT2D eigenvalue weighted by atomic mass is 16.3. The van der Waals surface area contributed by atoms with Crippen LogP contribution in [-0.4, -0.2) is 18.2 Å². The largest absolute Gasteiger partial charge is 0.398 e. The fourth-order valence-electron chi connectivity index (χ4n) is 3.55. The Morgan fingerprint density at radius 2 is 1.96 bits per heavy atom. The summed E-state index contributed by atoms with van der Waals surface area (Å²) < 4.78 is 0. The van der Waals surface area contributed by atoms with E-state index in [2.05, 4.69) is 49.5 Å². The highest BCUT2D eigenvalue weighted by Crippen LogP contribution is 2.35. The van der Waals surface area contributed by atoms with E-state index in [1.54, 1.807) is 0 Å². The summed E-state index contributed by atoms with van der Waals surface area (Å²) in [7, 11) is 0. The third-order valence-electron chi connectivity index (χ3n) is 5.16. The zero-order valence-electron chi connectivity index (χ0n) is 14.4. The van der Waals surface area contributed by atoms with Crippen LogP contribution >= 0.6 is 0 Å². The molecule has 2 atom stereocenters. The first-order chi connectivity index (χ1) is 11.5. The number of hydrogen-bond acceptors (Lipinski definition) is 3. The Hall–Kier alpha value is -2.10. The summed E-state index contributed by atoms with van der Waals surface area (Å²) in [5.74, 6) is 0.268. The maximum Gasteiger partial charge on any atom is 0.106 e. The van der Waals surface area contributed by atoms with E-state index >= 15 is 0 Å². The summed E-state index contributed by atoms with van der Waals surface area (Å²) in [5.41, 5.74) is 10.4. The molecule has 0 saturated carbocycles. The summed E-state index contributed by atoms with van der Waals surface area (Å²) in [6.07, 6.45) is 3.07. The number of hydrogen-bond donors (Lipinski definition) is 3. The second-order valence-corrected chi connectivity index (χ2v) is 6.69. The average molecular weight is 322 g/mol. The zero-order chi connectivity index (χ0) is 17.2. The number of allylic oxidation sites excluding steroid dienone is 1. The molecule has 0 radical (unpaired) electrons. The van der Waals surface area contributed by atoms with Gasteiger partial charge in [-0.15, -0.1) is 0 Å². The summed E-state index contributed by atoms with van der Waals surface area (Å²) in [6, 6.07) is 16.1. The van der Waals surface area contributed by atoms with Crippen LogP contribution in [0.1, 0.15) is 37.0 Å². The van der Waals surface area contributed by atoms with Gasteiger partial charge in [0.1, 0.15) is 5.60 Å². The van der Waals surface area contributed by atoms with E-state index in [1.165, 1.54) is 0 Å². The van der Waals surface area contributed by atoms with Crippen molar-refractivity contribution < 1.29 is 5.11 Å². The SMILES string of the molecule is CCC1CNCC1(O)c1ccc(/C(C)=C/c2ccccc2N)cc1. The number of aliphatic hydroxyl groups is 1. The van der Waals surface area contributed by atoms with Gasteiger partial charge in [-0.3, -0.25) is 0 Å². The molecule has 4 N–H and O–H groups in total. The lowest BCUT2D eigenvalue weighted by Crippen LogP contribution is -2.34. The fraction of sp³-hybridized carbons (Fsp3) is 0.333. The summed E-state index contributed by atoms with van der Waals surface area (Å²) in [5, 5.41) is 14.3. The van der Waals surface area contributed by atoms with Crippen molar-refractivity contribution in [3.05, 3.63) is 65.2 Å². The Morgan fingerprint density at radius 1 is 1.25 bits per heavy atom. The van der Waals surface area contributed by atoms with Gasteiger partial charge in [-0.25, -0.2) is 0 Å². The fourth-order valence-corrected chi connectivity index (χ4v) is 3.55. The van der Waals surface area contributed by atoms with Crippen molar-refractivity contribution in [2.45, 2.75) is 25.9 Å². The maximum absolute atomic E-state index is 11.0. The van der Waals surface area contributed by atoms with E-state index in [0.29, 0.717) is 6.54 Å². The average Bonchev–Trinajstić information content (AvgIpc) is 2.99. The standard InChI is InChI=1S/C21H26N2O/c1-3-18-13-23-14-21(18,24)19-10-8-16(9-11-19)15(2)12-17-6-4-5-7-20(17)22/h4-12,18,23-24H,3,13-14,22H2,1-2H3/b15-12+. The van der Waals surface area contributed by atoms with Crippen molar-refractivity contribution in [3.8, 4) is 0 Å². The van der Waals surface area contributed by atoms with Gasteiger partial charge in [0.25, 0.3) is 0 Å². The van der Waals surface area contributed by atoms with Crippen molar-refractivity contribution in [2.24, 2.45) is 5.92 Å². The van der Waals surface area contributed by atoms with Crippen LogP contribution in [0.25, 0.3) is 11.6 Å². The molecular weight excluding hydrogens is 296 g/mol. The van der Waals surface area contributed by atoms with Gasteiger partial charge in [-0.2, -0.15) is 0 Å². The lowest BCUT2D eigenvalue weighted by Gasteiger charge is -2.29. The van der Waals surface area contributed by atoms with Crippen LogP contribution in [0.5, 0.6) is 0 Å². The first-order valence-electron chi connectivity index (χ1n) is 8.61. The van der Waals surface area contributed by atoms with E-state index in [0.717, 1.165) is 40.9 Å². The summed E-state index contributed by atoms with van der Waals surface area (Å²) in [6.45, 7) is 5.72. The van der Waals surface area contributed by atoms with E-state index in [-0.39, 0.29) is 5.92 Å². The Labute approximate surface area is 144 Å². The second kappa shape index (κ2) is 6.80. The molecule has 2 aromatic rings. The lowest BCUT2D eigenvalue weighted by molar-refractivity contribution is 0.0114. The number of β-amino-alcohol motifs (C(OH)–C–C–N with tert-alkyl or cyclic N) is 1. The molecule has 1 aliphatic rings. The van der Waals surface area contributed by atoms with Crippen molar-refractivity contribution in [2.75, 3.05) is 18.8 Å². The number of rotatable bonds is 4. The zero-order valence-corrected chi connectivity index (χ0v) is 14.4. The first-order valence-corrected chi connectivity index (χ1v) is 8.61. The number of para-hydroxylation sites is 1. The van der Waals surface area contributed by atoms with Crippen molar-refractivity contribution in [3.63, 3.8) is 0 Å². The molecule has 1 aliphatic heterocycles. The van der Waals surface area contributed by atoms with Crippen LogP contribution in [0.3, 0.4) is 0 Å². The van der Waals surface area contributed by atoms with Gasteiger partial charge >= 0.3 is 0 Å². The number of benzene rings is 2. The van der Waals surface area contributed by atoms with Crippen LogP contribution in [0.2, 0.25) is 0 Å². The minimum Gasteiger partial charge on any atom is -0.398 e. The van der Waals surface area contributed by atoms with E-state index in [9.17, 15) is 5.11 Å². The quantitative estimate of drug-likeness (QED) is 0.595. The van der Waals surface area contributed by atoms with E-state index in [4.69, 9.17) is 5.73 Å². The van der Waals surface area contributed by atoms with Gasteiger partial charge in [0.2, 0.25) is 0 Å². The van der Waals surface area contributed by atoms with E-state index in [1.807, 2.05) is 24.3 Å². The lowest BCUT2D eigenvalue weighted by atomic mass is 9.82. The molecule has 0 spiro atoms. The van der Waals surface area contributed by atoms with Gasteiger partial charge in [0.05, 0.1) is 0 Å². The molecule has 0 amide bonds. The molecule has 1 heterocycles. The van der Waals surface area contributed by atoms with Gasteiger partial charge in [-0.05, 0) is 47.8 Å². The second-order valence-electron chi connectivity index (χ2n) is 6.69. The molecule has 0 aliphatic carbocycles. The third kappa shape index (κ3) is 3.10. The van der Waals surface area contributed by atoms with Crippen molar-refractivity contribution in [1.82, 2.24) is 5.32 Å². The van der Waals surface area contributed by atoms with Gasteiger partial charge in [0.15, 0.2) is 0 Å². The smallest absolute Gasteiger partial charge is 0.106 e. The molecule has 1 saturated heterocycles. The highest BCUT2D eigenvalue weighted by molar-refractivity contribution is 5.83. The van der Waals surface area contributed by atoms with Crippen LogP contribution in [-0.2, 0) is 5.60 Å². The topological polar surface area (TPSA) is 58.3 Å². The molecule has 24 heavy (non-hydrogen) atoms. The molecular formula is C21H26N2O. The molecule has 2 aromatic carbocycles. The normalized spacial score (nSPS) is 24.3. The van der Waals surface area contributed by atoms with Crippen molar-refractivity contribution in [1.29, 1.82) is 0 Å². The van der Waals surface area contributed by atoms with Crippen molar-refractivity contribution >= 4 is 17.3 Å². The Bertz CT molecular complexity index is 736. The molecule has 0 aromatic heterocycles. The number of nitrogens with one attached hydrogen (secondary N) is 1. The van der Waals surface area contributed by atoms with Crippen LogP contribution in [0, 0.1) is 5.92 Å². The van der Waals surface area contributed by atoms with E-state index < -0.39 is 5.60 Å². The molecule has 3 heteroatoms. The summed E-state index contributed by atoms with van der Waals surface area (Å²) in [4.78, 5) is 0. The van der Waals surface area contributed by atoms with Gasteiger partial charge < -0.3 is 16.2 Å². The third-order valence-corrected chi connectivity index (χ3v) is 5.16. The number of nitrogen functional groups attached to an aromatic ring is 1. The Morgan fingerprint density at radius 3 is 2.62 bits per heavy atom. The minimum absolute atomic E-state index is 0.268. The predicted molar refractivity (Wildman–Crippen MR) is 101 cm³/mol. The molecule has 126 valence electrons. The molecule has 0 bridgehead atoms. The Kier molecular flexibility index (Phi) is 4.74. The summed E-state index contributed by atoms with van der Waals surface area (Å²) >= 11 is 0. The van der Waals surface area contributed by atoms with Crippen LogP contribution in [0.15, 0.2) is 48.5 Å². The molecule has 3 rings (SSSR count). The number of nitrogens with two attached hydrogens (primary N) is 1. The first kappa shape index (κ1) is 16.7. The monoisotopic (exact) mass is 322 g/mol. The Balaban J connectivity index is 1.86. The van der Waals surface area contributed by atoms with Gasteiger partial charge in [0, 0.05) is 24.7 Å². The minimum atomic E-state index is -0.755. The predicted octanol–water partition coefficient (Wildman–Crippen LogP) is 3.65.